The molecule has 1 saturated carbocycles. The van der Waals surface area contributed by atoms with Crippen LogP contribution >= 0.6 is 46.6 Å². The third-order valence-electron chi connectivity index (χ3n) is 5.02. The number of rotatable bonds is 8. The maximum atomic E-state index is 12.4. The number of nitrogens with one attached hydrogen (secondary N) is 1. The first-order valence-electron chi connectivity index (χ1n) is 9.64. The lowest BCUT2D eigenvalue weighted by Crippen LogP contribution is -2.15. The molecule has 160 valence electrons. The van der Waals surface area contributed by atoms with E-state index in [1.165, 1.54) is 29.5 Å². The van der Waals surface area contributed by atoms with Gasteiger partial charge in [0.15, 0.2) is 5.16 Å². The molecule has 4 rings (SSSR count). The molecule has 2 aromatic carbocycles. The second-order valence-electron chi connectivity index (χ2n) is 7.18. The standard InChI is InChI=1S/C22H19Cl3N4OS/c1-2-8-29-21(15-9-14(15)13-6-4-3-5-7-13)27-28-22(29)31-12-20(30)26-19-11-17(24)16(23)10-18(19)25/h2-7,10-11,14-15H,1,8-9,12H2,(H,26,30). The van der Waals surface area contributed by atoms with Crippen LogP contribution in [0, 0.1) is 0 Å². The molecule has 9 heteroatoms. The van der Waals surface area contributed by atoms with Gasteiger partial charge in [-0.2, -0.15) is 0 Å². The third kappa shape index (κ3) is 5.09. The number of nitrogens with zero attached hydrogens (tertiary/aromatic N) is 3. The van der Waals surface area contributed by atoms with Crippen LogP contribution in [0.5, 0.6) is 0 Å². The average molecular weight is 494 g/mol. The smallest absolute Gasteiger partial charge is 0.234 e. The molecule has 3 aromatic rings. The van der Waals surface area contributed by atoms with E-state index in [9.17, 15) is 4.79 Å². The predicted molar refractivity (Wildman–Crippen MR) is 128 cm³/mol. The van der Waals surface area contributed by atoms with Crippen molar-refractivity contribution >= 4 is 58.2 Å². The third-order valence-corrected chi connectivity index (χ3v) is 7.02. The summed E-state index contributed by atoms with van der Waals surface area (Å²) in [5.41, 5.74) is 1.73. The van der Waals surface area contributed by atoms with Gasteiger partial charge in [-0.3, -0.25) is 4.79 Å². The zero-order valence-corrected chi connectivity index (χ0v) is 19.5. The van der Waals surface area contributed by atoms with E-state index in [0.717, 1.165) is 12.2 Å². The fraction of sp³-hybridized carbons (Fsp3) is 0.227. The predicted octanol–water partition coefficient (Wildman–Crippen LogP) is 6.43. The monoisotopic (exact) mass is 492 g/mol. The summed E-state index contributed by atoms with van der Waals surface area (Å²) >= 11 is 19.4. The van der Waals surface area contributed by atoms with Gasteiger partial charge in [-0.1, -0.05) is 83.0 Å². The molecule has 31 heavy (non-hydrogen) atoms. The Morgan fingerprint density at radius 1 is 1.13 bits per heavy atom. The van der Waals surface area contributed by atoms with E-state index in [-0.39, 0.29) is 11.7 Å². The van der Waals surface area contributed by atoms with Crippen LogP contribution in [0.15, 0.2) is 60.3 Å². The lowest BCUT2D eigenvalue weighted by molar-refractivity contribution is -0.113. The van der Waals surface area contributed by atoms with Gasteiger partial charge in [-0.25, -0.2) is 0 Å². The van der Waals surface area contributed by atoms with Crippen molar-refractivity contribution in [3.05, 3.63) is 81.6 Å². The molecule has 1 N–H and O–H groups in total. The summed E-state index contributed by atoms with van der Waals surface area (Å²) in [7, 11) is 0. The quantitative estimate of drug-likeness (QED) is 0.223. The Hall–Kier alpha value is -1.99. The SMILES string of the molecule is C=CCn1c(SCC(=O)Nc2cc(Cl)c(Cl)cc2Cl)nnc1C1CC1c1ccccc1. The molecule has 2 atom stereocenters. The molecule has 5 nitrogen and oxygen atoms in total. The molecule has 1 amide bonds. The number of amides is 1. The number of thioether (sulfide) groups is 1. The molecule has 1 aromatic heterocycles. The van der Waals surface area contributed by atoms with Crippen molar-refractivity contribution in [2.45, 2.75) is 30.0 Å². The molecule has 0 radical (unpaired) electrons. The number of carbonyl (C=O) groups excluding carboxylic acids is 1. The number of hydrogen-bond acceptors (Lipinski definition) is 4. The fourth-order valence-electron chi connectivity index (χ4n) is 3.47. The Morgan fingerprint density at radius 3 is 2.61 bits per heavy atom. The Kier molecular flexibility index (Phi) is 6.92. The van der Waals surface area contributed by atoms with Gasteiger partial charge in [0, 0.05) is 12.5 Å². The topological polar surface area (TPSA) is 59.8 Å². The first-order chi connectivity index (χ1) is 15.0. The van der Waals surface area contributed by atoms with Crippen molar-refractivity contribution in [2.24, 2.45) is 0 Å². The minimum Gasteiger partial charge on any atom is -0.324 e. The highest BCUT2D eigenvalue weighted by atomic mass is 35.5. The number of allylic oxidation sites excluding steroid dienone is 1. The summed E-state index contributed by atoms with van der Waals surface area (Å²) in [6.45, 7) is 4.43. The van der Waals surface area contributed by atoms with Gasteiger partial charge in [0.2, 0.25) is 5.91 Å². The van der Waals surface area contributed by atoms with E-state index < -0.39 is 0 Å². The number of aromatic nitrogens is 3. The lowest BCUT2D eigenvalue weighted by atomic mass is 10.1. The number of carbonyl (C=O) groups is 1. The van der Waals surface area contributed by atoms with E-state index in [1.807, 2.05) is 16.7 Å². The van der Waals surface area contributed by atoms with Crippen molar-refractivity contribution in [3.63, 3.8) is 0 Å². The maximum absolute atomic E-state index is 12.4. The normalized spacial score (nSPS) is 17.4. The van der Waals surface area contributed by atoms with Crippen molar-refractivity contribution in [1.82, 2.24) is 14.8 Å². The molecule has 1 heterocycles. The van der Waals surface area contributed by atoms with Gasteiger partial charge in [0.25, 0.3) is 0 Å². The van der Waals surface area contributed by atoms with Crippen molar-refractivity contribution < 1.29 is 4.79 Å². The summed E-state index contributed by atoms with van der Waals surface area (Å²) in [5.74, 6) is 1.64. The van der Waals surface area contributed by atoms with E-state index in [2.05, 4.69) is 46.4 Å². The van der Waals surface area contributed by atoms with Crippen LogP contribution in [0.2, 0.25) is 15.1 Å². The number of anilines is 1. The van der Waals surface area contributed by atoms with Crippen LogP contribution < -0.4 is 5.32 Å². The summed E-state index contributed by atoms with van der Waals surface area (Å²) in [6.07, 6.45) is 2.85. The lowest BCUT2D eigenvalue weighted by Gasteiger charge is -2.10. The minimum absolute atomic E-state index is 0.151. The second-order valence-corrected chi connectivity index (χ2v) is 9.35. The highest BCUT2D eigenvalue weighted by Gasteiger charge is 2.43. The summed E-state index contributed by atoms with van der Waals surface area (Å²) in [6, 6.07) is 13.5. The molecule has 0 saturated heterocycles. The van der Waals surface area contributed by atoms with E-state index >= 15 is 0 Å². The average Bonchev–Trinajstić information content (AvgIpc) is 3.46. The molecule has 1 aliphatic rings. The first-order valence-corrected chi connectivity index (χ1v) is 11.8. The van der Waals surface area contributed by atoms with Gasteiger partial charge in [0.05, 0.1) is 26.5 Å². The molecule has 0 aliphatic heterocycles. The van der Waals surface area contributed by atoms with Gasteiger partial charge < -0.3 is 9.88 Å². The molecule has 1 fully saturated rings. The Morgan fingerprint density at radius 2 is 1.87 bits per heavy atom. The highest BCUT2D eigenvalue weighted by molar-refractivity contribution is 7.99. The van der Waals surface area contributed by atoms with Crippen molar-refractivity contribution in [3.8, 4) is 0 Å². The van der Waals surface area contributed by atoms with Crippen LogP contribution in [0.1, 0.15) is 29.6 Å². The van der Waals surface area contributed by atoms with Crippen molar-refractivity contribution in [1.29, 1.82) is 0 Å². The Labute approximate surface area is 199 Å². The molecule has 0 spiro atoms. The van der Waals surface area contributed by atoms with Crippen LogP contribution in [-0.2, 0) is 11.3 Å². The number of halogens is 3. The van der Waals surface area contributed by atoms with Gasteiger partial charge in [-0.05, 0) is 30.0 Å². The van der Waals surface area contributed by atoms with Gasteiger partial charge in [-0.15, -0.1) is 16.8 Å². The van der Waals surface area contributed by atoms with Gasteiger partial charge in [0.1, 0.15) is 5.82 Å². The zero-order valence-electron chi connectivity index (χ0n) is 16.4. The van der Waals surface area contributed by atoms with E-state index in [4.69, 9.17) is 34.8 Å². The minimum atomic E-state index is -0.228. The molecule has 2 unspecified atom stereocenters. The maximum Gasteiger partial charge on any atom is 0.234 e. The van der Waals surface area contributed by atoms with Crippen LogP contribution in [-0.4, -0.2) is 26.4 Å². The number of hydrogen-bond donors (Lipinski definition) is 1. The second kappa shape index (κ2) is 9.65. The van der Waals surface area contributed by atoms with Crippen molar-refractivity contribution in [2.75, 3.05) is 11.1 Å². The van der Waals surface area contributed by atoms with Crippen LogP contribution in [0.3, 0.4) is 0 Å². The highest BCUT2D eigenvalue weighted by Crippen LogP contribution is 2.54. The molecule has 1 aliphatic carbocycles. The summed E-state index contributed by atoms with van der Waals surface area (Å²) in [4.78, 5) is 12.4. The van der Waals surface area contributed by atoms with Crippen LogP contribution in [0.25, 0.3) is 0 Å². The zero-order chi connectivity index (χ0) is 22.0. The van der Waals surface area contributed by atoms with Crippen LogP contribution in [0.4, 0.5) is 5.69 Å². The Bertz CT molecular complexity index is 1120. The molecular weight excluding hydrogens is 475 g/mol. The summed E-state index contributed by atoms with van der Waals surface area (Å²) in [5, 5.41) is 13.2. The fourth-order valence-corrected chi connectivity index (χ4v) is 4.81. The van der Waals surface area contributed by atoms with E-state index in [1.54, 1.807) is 0 Å². The van der Waals surface area contributed by atoms with Gasteiger partial charge >= 0.3 is 0 Å². The Balaban J connectivity index is 1.43. The molecule has 0 bridgehead atoms. The summed E-state index contributed by atoms with van der Waals surface area (Å²) < 4.78 is 2.03. The largest absolute Gasteiger partial charge is 0.324 e. The van der Waals surface area contributed by atoms with E-state index in [0.29, 0.717) is 44.3 Å². The first kappa shape index (κ1) is 22.2. The number of benzene rings is 2. The molecular formula is C22H19Cl3N4OS.